The van der Waals surface area contributed by atoms with Gasteiger partial charge in [0.2, 0.25) is 0 Å². The van der Waals surface area contributed by atoms with Crippen molar-refractivity contribution in [2.45, 2.75) is 6.54 Å². The van der Waals surface area contributed by atoms with Gasteiger partial charge in [-0.05, 0) is 42.0 Å². The number of halogens is 2. The van der Waals surface area contributed by atoms with Crippen LogP contribution in [0, 0.1) is 5.82 Å². The van der Waals surface area contributed by atoms with Crippen molar-refractivity contribution in [3.8, 4) is 0 Å². The normalized spacial score (nSPS) is 10.3. The van der Waals surface area contributed by atoms with Crippen molar-refractivity contribution in [1.29, 1.82) is 0 Å². The van der Waals surface area contributed by atoms with Crippen molar-refractivity contribution in [2.75, 3.05) is 11.9 Å². The van der Waals surface area contributed by atoms with Crippen LogP contribution in [0.5, 0.6) is 0 Å². The number of hydrogen-bond donors (Lipinski definition) is 1. The predicted octanol–water partition coefficient (Wildman–Crippen LogP) is 3.81. The first-order chi connectivity index (χ1) is 9.47. The van der Waals surface area contributed by atoms with Gasteiger partial charge in [0, 0.05) is 24.3 Å². The second-order valence-corrected chi connectivity index (χ2v) is 4.85. The average molecular weight is 294 g/mol. The number of carboxylic acid groups (broad SMARTS) is 1. The summed E-state index contributed by atoms with van der Waals surface area (Å²) in [6.07, 6.45) is 0. The average Bonchev–Trinajstić information content (AvgIpc) is 2.41. The summed E-state index contributed by atoms with van der Waals surface area (Å²) in [5.74, 6) is -1.30. The minimum atomic E-state index is -1.01. The lowest BCUT2D eigenvalue weighted by molar-refractivity contribution is 0.0697. The van der Waals surface area contributed by atoms with Crippen molar-refractivity contribution in [3.05, 3.63) is 64.4 Å². The van der Waals surface area contributed by atoms with Crippen LogP contribution >= 0.6 is 11.6 Å². The van der Waals surface area contributed by atoms with Crippen LogP contribution in [0.4, 0.5) is 10.1 Å². The van der Waals surface area contributed by atoms with Crippen LogP contribution in [0.2, 0.25) is 5.02 Å². The van der Waals surface area contributed by atoms with Crippen LogP contribution in [0.25, 0.3) is 0 Å². The molecule has 0 aliphatic heterocycles. The van der Waals surface area contributed by atoms with E-state index in [0.29, 0.717) is 11.6 Å². The largest absolute Gasteiger partial charge is 0.478 e. The highest BCUT2D eigenvalue weighted by Crippen LogP contribution is 2.22. The van der Waals surface area contributed by atoms with Crippen LogP contribution in [0.1, 0.15) is 15.9 Å². The van der Waals surface area contributed by atoms with Gasteiger partial charge in [-0.25, -0.2) is 9.18 Å². The smallest absolute Gasteiger partial charge is 0.335 e. The predicted molar refractivity (Wildman–Crippen MR) is 76.9 cm³/mol. The molecule has 2 aromatic rings. The molecule has 20 heavy (non-hydrogen) atoms. The summed E-state index contributed by atoms with van der Waals surface area (Å²) in [4.78, 5) is 12.7. The molecule has 0 aliphatic carbocycles. The molecule has 2 rings (SSSR count). The van der Waals surface area contributed by atoms with Crippen molar-refractivity contribution in [2.24, 2.45) is 0 Å². The van der Waals surface area contributed by atoms with E-state index >= 15 is 0 Å². The molecule has 0 saturated heterocycles. The number of rotatable bonds is 4. The van der Waals surface area contributed by atoms with E-state index in [9.17, 15) is 9.18 Å². The first kappa shape index (κ1) is 14.3. The van der Waals surface area contributed by atoms with Crippen LogP contribution in [-0.4, -0.2) is 18.1 Å². The highest BCUT2D eigenvalue weighted by molar-refractivity contribution is 6.31. The quantitative estimate of drug-likeness (QED) is 0.932. The van der Waals surface area contributed by atoms with Gasteiger partial charge in [0.05, 0.1) is 5.56 Å². The third kappa shape index (κ3) is 3.27. The third-order valence-electron chi connectivity index (χ3n) is 2.97. The van der Waals surface area contributed by atoms with E-state index < -0.39 is 5.97 Å². The van der Waals surface area contributed by atoms with Gasteiger partial charge in [0.1, 0.15) is 5.82 Å². The number of carboxylic acids is 1. The van der Waals surface area contributed by atoms with Crippen LogP contribution in [-0.2, 0) is 6.54 Å². The highest BCUT2D eigenvalue weighted by atomic mass is 35.5. The molecule has 0 aliphatic rings. The summed E-state index contributed by atoms with van der Waals surface area (Å²) in [6.45, 7) is 0.504. The van der Waals surface area contributed by atoms with E-state index in [0.717, 1.165) is 11.3 Å². The number of nitrogens with zero attached hydrogens (tertiary/aromatic N) is 1. The maximum Gasteiger partial charge on any atom is 0.335 e. The van der Waals surface area contributed by atoms with Crippen molar-refractivity contribution in [3.63, 3.8) is 0 Å². The Morgan fingerprint density at radius 1 is 1.25 bits per heavy atom. The molecule has 0 radical (unpaired) electrons. The van der Waals surface area contributed by atoms with E-state index in [1.54, 1.807) is 18.2 Å². The van der Waals surface area contributed by atoms with Crippen LogP contribution in [0.15, 0.2) is 42.5 Å². The molecule has 0 bridgehead atoms. The Hall–Kier alpha value is -2.07. The zero-order chi connectivity index (χ0) is 14.7. The van der Waals surface area contributed by atoms with Crippen molar-refractivity contribution in [1.82, 2.24) is 0 Å². The Morgan fingerprint density at radius 3 is 2.45 bits per heavy atom. The zero-order valence-corrected chi connectivity index (χ0v) is 11.6. The topological polar surface area (TPSA) is 40.5 Å². The molecule has 5 heteroatoms. The van der Waals surface area contributed by atoms with E-state index in [4.69, 9.17) is 16.7 Å². The zero-order valence-electron chi connectivity index (χ0n) is 10.8. The maximum atomic E-state index is 12.9. The summed E-state index contributed by atoms with van der Waals surface area (Å²) in [5, 5.41) is 9.28. The Kier molecular flexibility index (Phi) is 4.25. The second kappa shape index (κ2) is 5.92. The van der Waals surface area contributed by atoms with Crippen LogP contribution < -0.4 is 4.90 Å². The SMILES string of the molecule is CN(Cc1ccc(C(=O)O)cc1Cl)c1ccc(F)cc1. The maximum absolute atomic E-state index is 12.9. The molecule has 0 unspecified atom stereocenters. The lowest BCUT2D eigenvalue weighted by Crippen LogP contribution is -2.16. The number of aromatic carboxylic acids is 1. The number of carbonyl (C=O) groups is 1. The van der Waals surface area contributed by atoms with Gasteiger partial charge in [-0.2, -0.15) is 0 Å². The molecule has 0 atom stereocenters. The fourth-order valence-electron chi connectivity index (χ4n) is 1.85. The van der Waals surface area contributed by atoms with Gasteiger partial charge < -0.3 is 10.0 Å². The van der Waals surface area contributed by atoms with Crippen LogP contribution in [0.3, 0.4) is 0 Å². The Morgan fingerprint density at radius 2 is 1.90 bits per heavy atom. The number of benzene rings is 2. The fourth-order valence-corrected chi connectivity index (χ4v) is 2.09. The van der Waals surface area contributed by atoms with Crippen molar-refractivity contribution < 1.29 is 14.3 Å². The Bertz CT molecular complexity index is 628. The van der Waals surface area contributed by atoms with E-state index in [2.05, 4.69) is 0 Å². The minimum Gasteiger partial charge on any atom is -0.478 e. The lowest BCUT2D eigenvalue weighted by atomic mass is 10.1. The minimum absolute atomic E-state index is 0.156. The van der Waals surface area contributed by atoms with E-state index in [1.807, 2.05) is 11.9 Å². The van der Waals surface area contributed by atoms with Gasteiger partial charge in [-0.15, -0.1) is 0 Å². The molecule has 2 aromatic carbocycles. The molecule has 3 nitrogen and oxygen atoms in total. The number of anilines is 1. The molecule has 0 saturated carbocycles. The van der Waals surface area contributed by atoms with E-state index in [1.165, 1.54) is 24.3 Å². The molecular weight excluding hydrogens is 281 g/mol. The first-order valence-electron chi connectivity index (χ1n) is 5.96. The lowest BCUT2D eigenvalue weighted by Gasteiger charge is -2.20. The summed E-state index contributed by atoms with van der Waals surface area (Å²) < 4.78 is 12.9. The standard InChI is InChI=1S/C15H13ClFNO2/c1-18(13-6-4-12(17)5-7-13)9-11-3-2-10(15(19)20)8-14(11)16/h2-8H,9H2,1H3,(H,19,20). The molecule has 0 fully saturated rings. The van der Waals surface area contributed by atoms with E-state index in [-0.39, 0.29) is 11.4 Å². The van der Waals surface area contributed by atoms with Gasteiger partial charge in [0.15, 0.2) is 0 Å². The van der Waals surface area contributed by atoms with Gasteiger partial charge in [-0.1, -0.05) is 17.7 Å². The Labute approximate surface area is 121 Å². The monoisotopic (exact) mass is 293 g/mol. The van der Waals surface area contributed by atoms with Crippen molar-refractivity contribution >= 4 is 23.3 Å². The third-order valence-corrected chi connectivity index (χ3v) is 3.33. The summed E-state index contributed by atoms with van der Waals surface area (Å²) in [7, 11) is 1.86. The molecule has 0 amide bonds. The molecule has 0 heterocycles. The molecule has 0 aromatic heterocycles. The second-order valence-electron chi connectivity index (χ2n) is 4.44. The number of hydrogen-bond acceptors (Lipinski definition) is 2. The highest BCUT2D eigenvalue weighted by Gasteiger charge is 2.09. The fraction of sp³-hybridized carbons (Fsp3) is 0.133. The Balaban J connectivity index is 2.17. The molecule has 1 N–H and O–H groups in total. The molecule has 104 valence electrons. The van der Waals surface area contributed by atoms with Gasteiger partial charge >= 0.3 is 5.97 Å². The summed E-state index contributed by atoms with van der Waals surface area (Å²) in [6, 6.07) is 10.8. The summed E-state index contributed by atoms with van der Waals surface area (Å²) >= 11 is 6.08. The molecular formula is C15H13ClFNO2. The van der Waals surface area contributed by atoms with Gasteiger partial charge in [-0.3, -0.25) is 0 Å². The first-order valence-corrected chi connectivity index (χ1v) is 6.33. The van der Waals surface area contributed by atoms with Gasteiger partial charge in [0.25, 0.3) is 0 Å². The summed E-state index contributed by atoms with van der Waals surface area (Å²) in [5.41, 5.74) is 1.82. The molecule has 0 spiro atoms.